The van der Waals surface area contributed by atoms with Crippen LogP contribution in [0.1, 0.15) is 18.0 Å². The smallest absolute Gasteiger partial charge is 0.323 e. The minimum Gasteiger partial charge on any atom is -0.354 e. The van der Waals surface area contributed by atoms with Crippen molar-refractivity contribution in [3.8, 4) is 0 Å². The molecule has 1 atom stereocenters. The number of nitrogens with one attached hydrogen (secondary N) is 2. The Morgan fingerprint density at radius 1 is 1.26 bits per heavy atom. The first-order chi connectivity index (χ1) is 11.2. The van der Waals surface area contributed by atoms with E-state index in [2.05, 4.69) is 20.6 Å². The normalized spacial score (nSPS) is 18.0. The van der Waals surface area contributed by atoms with E-state index in [-0.39, 0.29) is 24.4 Å². The number of anilines is 1. The highest BCUT2D eigenvalue weighted by Gasteiger charge is 2.29. The average Bonchev–Trinajstić information content (AvgIpc) is 2.78. The summed E-state index contributed by atoms with van der Waals surface area (Å²) in [6, 6.07) is 10.6. The van der Waals surface area contributed by atoms with Gasteiger partial charge in [-0.05, 0) is 11.6 Å². The van der Waals surface area contributed by atoms with E-state index in [9.17, 15) is 9.59 Å². The van der Waals surface area contributed by atoms with Gasteiger partial charge in [-0.1, -0.05) is 30.3 Å². The molecule has 2 N–H and O–H groups in total. The highest BCUT2D eigenvalue weighted by molar-refractivity contribution is 5.89. The third-order valence-corrected chi connectivity index (χ3v) is 3.69. The van der Waals surface area contributed by atoms with Crippen molar-refractivity contribution in [1.82, 2.24) is 20.2 Å². The molecule has 7 heteroatoms. The first-order valence-electron chi connectivity index (χ1n) is 7.39. The molecule has 0 aliphatic carbocycles. The van der Waals surface area contributed by atoms with E-state index in [1.807, 2.05) is 30.3 Å². The van der Waals surface area contributed by atoms with Crippen LogP contribution in [0.4, 0.5) is 10.6 Å². The number of hydrogen-bond acceptors (Lipinski definition) is 4. The third kappa shape index (κ3) is 3.63. The van der Waals surface area contributed by atoms with Crippen LogP contribution in [0.5, 0.6) is 0 Å². The predicted molar refractivity (Wildman–Crippen MR) is 84.6 cm³/mol. The minimum atomic E-state index is -0.305. The van der Waals surface area contributed by atoms with Crippen molar-refractivity contribution >= 4 is 17.8 Å². The van der Waals surface area contributed by atoms with Crippen molar-refractivity contribution in [2.75, 3.05) is 18.4 Å². The molecule has 3 rings (SSSR count). The molecule has 7 nitrogen and oxygen atoms in total. The van der Waals surface area contributed by atoms with Crippen LogP contribution >= 0.6 is 0 Å². The lowest BCUT2D eigenvalue weighted by molar-refractivity contribution is -0.121. The highest BCUT2D eigenvalue weighted by atomic mass is 16.2. The lowest BCUT2D eigenvalue weighted by atomic mass is 10.0. The van der Waals surface area contributed by atoms with Crippen LogP contribution in [0, 0.1) is 0 Å². The van der Waals surface area contributed by atoms with Crippen molar-refractivity contribution in [3.63, 3.8) is 0 Å². The van der Waals surface area contributed by atoms with Crippen LogP contribution in [0.3, 0.4) is 0 Å². The summed E-state index contributed by atoms with van der Waals surface area (Å²) in [6.45, 7) is 0.863. The molecule has 1 aromatic carbocycles. The molecule has 1 aliphatic heterocycles. The fraction of sp³-hybridized carbons (Fsp3) is 0.250. The molecule has 0 saturated carbocycles. The molecule has 3 amide bonds. The minimum absolute atomic E-state index is 0.0591. The summed E-state index contributed by atoms with van der Waals surface area (Å²) < 4.78 is 0. The van der Waals surface area contributed by atoms with E-state index in [4.69, 9.17) is 0 Å². The van der Waals surface area contributed by atoms with Gasteiger partial charge in [-0.25, -0.2) is 14.8 Å². The number of rotatable bonds is 2. The maximum absolute atomic E-state index is 12.6. The van der Waals surface area contributed by atoms with Gasteiger partial charge in [0.2, 0.25) is 5.91 Å². The summed E-state index contributed by atoms with van der Waals surface area (Å²) in [7, 11) is 0. The van der Waals surface area contributed by atoms with Crippen LogP contribution in [-0.4, -0.2) is 39.9 Å². The van der Waals surface area contributed by atoms with E-state index >= 15 is 0 Å². The lowest BCUT2D eigenvalue weighted by Gasteiger charge is -2.29. The molecule has 1 aromatic heterocycles. The zero-order valence-corrected chi connectivity index (χ0v) is 12.5. The maximum atomic E-state index is 12.6. The standard InChI is InChI=1S/C16H17N5O2/c22-15-10-13(12-4-2-1-3-5-12)21(9-8-18-15)16(23)20-14-6-7-17-11-19-14/h1-7,11,13H,8-10H2,(H,18,22)(H,17,19,20,23)/t13-/m1/s1. The molecule has 1 fully saturated rings. The molecule has 23 heavy (non-hydrogen) atoms. The number of carbonyl (C=O) groups is 2. The molecule has 1 aliphatic rings. The fourth-order valence-corrected chi connectivity index (χ4v) is 2.59. The predicted octanol–water partition coefficient (Wildman–Crippen LogP) is 1.57. The summed E-state index contributed by atoms with van der Waals surface area (Å²) in [5, 5.41) is 5.56. The largest absolute Gasteiger partial charge is 0.354 e. The first-order valence-corrected chi connectivity index (χ1v) is 7.39. The van der Waals surface area contributed by atoms with Crippen LogP contribution in [0.2, 0.25) is 0 Å². The molecular formula is C16H17N5O2. The van der Waals surface area contributed by atoms with E-state index < -0.39 is 0 Å². The molecule has 2 heterocycles. The Labute approximate surface area is 133 Å². The van der Waals surface area contributed by atoms with Crippen LogP contribution in [0.25, 0.3) is 0 Å². The number of carbonyl (C=O) groups excluding carboxylic acids is 2. The van der Waals surface area contributed by atoms with Crippen LogP contribution in [0.15, 0.2) is 48.9 Å². The van der Waals surface area contributed by atoms with Gasteiger partial charge in [0.05, 0.1) is 12.5 Å². The SMILES string of the molecule is O=C1C[C@H](c2ccccc2)N(C(=O)Nc2ccncn2)CCN1. The summed E-state index contributed by atoms with van der Waals surface area (Å²) >= 11 is 0. The fourth-order valence-electron chi connectivity index (χ4n) is 2.59. The van der Waals surface area contributed by atoms with E-state index in [0.717, 1.165) is 5.56 Å². The Bertz CT molecular complexity index is 677. The van der Waals surface area contributed by atoms with E-state index in [1.165, 1.54) is 6.33 Å². The van der Waals surface area contributed by atoms with Gasteiger partial charge in [-0.3, -0.25) is 10.1 Å². The molecule has 118 valence electrons. The van der Waals surface area contributed by atoms with Crippen molar-refractivity contribution < 1.29 is 9.59 Å². The summed E-state index contributed by atoms with van der Waals surface area (Å²) in [6.07, 6.45) is 3.17. The molecular weight excluding hydrogens is 294 g/mol. The van der Waals surface area contributed by atoms with Crippen molar-refractivity contribution in [1.29, 1.82) is 0 Å². The second kappa shape index (κ2) is 6.87. The summed E-state index contributed by atoms with van der Waals surface area (Å²) in [5.74, 6) is 0.372. The topological polar surface area (TPSA) is 87.2 Å². The van der Waals surface area contributed by atoms with Crippen molar-refractivity contribution in [2.24, 2.45) is 0 Å². The second-order valence-corrected chi connectivity index (χ2v) is 5.20. The first kappa shape index (κ1) is 15.0. The molecule has 1 saturated heterocycles. The number of hydrogen-bond donors (Lipinski definition) is 2. The van der Waals surface area contributed by atoms with Gasteiger partial charge in [0.25, 0.3) is 0 Å². The Balaban J connectivity index is 1.84. The van der Waals surface area contributed by atoms with Gasteiger partial charge >= 0.3 is 6.03 Å². The highest BCUT2D eigenvalue weighted by Crippen LogP contribution is 2.26. The van der Waals surface area contributed by atoms with Gasteiger partial charge in [-0.15, -0.1) is 0 Å². The Morgan fingerprint density at radius 3 is 2.83 bits per heavy atom. The summed E-state index contributed by atoms with van der Waals surface area (Å²) in [5.41, 5.74) is 0.933. The Morgan fingerprint density at radius 2 is 2.09 bits per heavy atom. The monoisotopic (exact) mass is 311 g/mol. The average molecular weight is 311 g/mol. The van der Waals surface area contributed by atoms with Gasteiger partial charge < -0.3 is 10.2 Å². The molecule has 0 unspecified atom stereocenters. The number of benzene rings is 1. The molecule has 2 aromatic rings. The molecule has 0 radical (unpaired) electrons. The van der Waals surface area contributed by atoms with Gasteiger partial charge in [0.1, 0.15) is 12.1 Å². The number of urea groups is 1. The van der Waals surface area contributed by atoms with Gasteiger partial charge in [-0.2, -0.15) is 0 Å². The van der Waals surface area contributed by atoms with Crippen LogP contribution < -0.4 is 10.6 Å². The third-order valence-electron chi connectivity index (χ3n) is 3.69. The van der Waals surface area contributed by atoms with Crippen molar-refractivity contribution in [2.45, 2.75) is 12.5 Å². The quantitative estimate of drug-likeness (QED) is 0.881. The molecule has 0 bridgehead atoms. The van der Waals surface area contributed by atoms with E-state index in [1.54, 1.807) is 17.2 Å². The number of nitrogens with zero attached hydrogens (tertiary/aromatic N) is 3. The second-order valence-electron chi connectivity index (χ2n) is 5.20. The van der Waals surface area contributed by atoms with Gasteiger partial charge in [0.15, 0.2) is 0 Å². The number of amides is 3. The Hall–Kier alpha value is -2.96. The zero-order chi connectivity index (χ0) is 16.1. The molecule has 0 spiro atoms. The van der Waals surface area contributed by atoms with Crippen LogP contribution in [-0.2, 0) is 4.79 Å². The zero-order valence-electron chi connectivity index (χ0n) is 12.5. The number of aromatic nitrogens is 2. The van der Waals surface area contributed by atoms with Crippen molar-refractivity contribution in [3.05, 3.63) is 54.5 Å². The Kier molecular flexibility index (Phi) is 4.46. The summed E-state index contributed by atoms with van der Waals surface area (Å²) in [4.78, 5) is 34.0. The van der Waals surface area contributed by atoms with E-state index in [0.29, 0.717) is 18.9 Å². The lowest BCUT2D eigenvalue weighted by Crippen LogP contribution is -2.39. The van der Waals surface area contributed by atoms with Gasteiger partial charge in [0, 0.05) is 19.3 Å². The maximum Gasteiger partial charge on any atom is 0.323 e.